The lowest BCUT2D eigenvalue weighted by Gasteiger charge is -2.35. The van der Waals surface area contributed by atoms with Gasteiger partial charge in [0.05, 0.1) is 6.54 Å². The Morgan fingerprint density at radius 2 is 2.14 bits per heavy atom. The molecule has 0 aliphatic carbocycles. The van der Waals surface area contributed by atoms with Crippen LogP contribution in [0, 0.1) is 18.2 Å². The third-order valence-electron chi connectivity index (χ3n) is 4.35. The first kappa shape index (κ1) is 14.9. The second-order valence-corrected chi connectivity index (χ2v) is 6.93. The number of likely N-dealkylation sites (tertiary alicyclic amines) is 1. The van der Waals surface area contributed by atoms with E-state index in [2.05, 4.69) is 16.1 Å². The number of nitrogens with zero attached hydrogens (tertiary/aromatic N) is 1. The van der Waals surface area contributed by atoms with E-state index in [9.17, 15) is 4.39 Å². The molecule has 3 rings (SSSR count). The molecule has 1 fully saturated rings. The third-order valence-corrected chi connectivity index (χ3v) is 5.47. The van der Waals surface area contributed by atoms with Crippen LogP contribution in [0.15, 0.2) is 23.1 Å². The van der Waals surface area contributed by atoms with E-state index in [1.54, 1.807) is 12.1 Å². The summed E-state index contributed by atoms with van der Waals surface area (Å²) in [6, 6.07) is 5.99. The summed E-state index contributed by atoms with van der Waals surface area (Å²) < 4.78 is 13.5. The summed E-state index contributed by atoms with van der Waals surface area (Å²) in [5, 5.41) is 3.75. The highest BCUT2D eigenvalue weighted by Crippen LogP contribution is 2.37. The molecule has 2 heterocycles. The third kappa shape index (κ3) is 3.60. The summed E-state index contributed by atoms with van der Waals surface area (Å²) in [5.74, 6) is 3.68. The van der Waals surface area contributed by atoms with Crippen LogP contribution < -0.4 is 5.32 Å². The van der Waals surface area contributed by atoms with Gasteiger partial charge in [-0.1, -0.05) is 5.92 Å². The lowest BCUT2D eigenvalue weighted by Crippen LogP contribution is -2.44. The summed E-state index contributed by atoms with van der Waals surface area (Å²) in [4.78, 5) is 3.55. The maximum atomic E-state index is 13.5. The van der Waals surface area contributed by atoms with Crippen molar-refractivity contribution in [1.29, 1.82) is 0 Å². The Labute approximate surface area is 130 Å². The minimum atomic E-state index is -0.133. The van der Waals surface area contributed by atoms with Crippen LogP contribution in [-0.4, -0.2) is 36.3 Å². The molecule has 0 radical (unpaired) electrons. The zero-order valence-corrected chi connectivity index (χ0v) is 13.0. The number of hydrogen-bond acceptors (Lipinski definition) is 3. The number of piperidine rings is 1. The van der Waals surface area contributed by atoms with E-state index in [0.29, 0.717) is 12.1 Å². The molecule has 0 aromatic heterocycles. The number of hydrogen-bond donors (Lipinski definition) is 1. The van der Waals surface area contributed by atoms with E-state index in [0.717, 1.165) is 50.2 Å². The summed E-state index contributed by atoms with van der Waals surface area (Å²) in [6.07, 6.45) is 8.68. The van der Waals surface area contributed by atoms with Gasteiger partial charge in [0, 0.05) is 30.1 Å². The normalized spacial score (nSPS) is 23.5. The number of thioether (sulfide) groups is 1. The van der Waals surface area contributed by atoms with Crippen molar-refractivity contribution in [2.45, 2.75) is 36.2 Å². The molecular weight excluding hydrogens is 283 g/mol. The molecule has 2 aliphatic rings. The molecule has 1 aromatic carbocycles. The van der Waals surface area contributed by atoms with Crippen LogP contribution >= 0.6 is 11.8 Å². The first-order valence-electron chi connectivity index (χ1n) is 7.60. The molecule has 1 aromatic rings. The summed E-state index contributed by atoms with van der Waals surface area (Å²) in [6.45, 7) is 2.86. The maximum absolute atomic E-state index is 13.5. The smallest absolute Gasteiger partial charge is 0.123 e. The van der Waals surface area contributed by atoms with Crippen LogP contribution in [0.5, 0.6) is 0 Å². The van der Waals surface area contributed by atoms with Crippen molar-refractivity contribution in [3.63, 3.8) is 0 Å². The quantitative estimate of drug-likeness (QED) is 0.864. The van der Waals surface area contributed by atoms with Gasteiger partial charge in [-0.05, 0) is 48.8 Å². The highest BCUT2D eigenvalue weighted by Gasteiger charge is 2.26. The number of halogens is 1. The Balaban J connectivity index is 1.62. The van der Waals surface area contributed by atoms with E-state index in [1.165, 1.54) is 4.90 Å². The van der Waals surface area contributed by atoms with E-state index in [-0.39, 0.29) is 5.82 Å². The monoisotopic (exact) mass is 304 g/mol. The van der Waals surface area contributed by atoms with Crippen molar-refractivity contribution in [3.8, 4) is 12.3 Å². The summed E-state index contributed by atoms with van der Waals surface area (Å²) in [5.41, 5.74) is 1.14. The molecule has 0 saturated carbocycles. The highest BCUT2D eigenvalue weighted by atomic mass is 32.2. The molecule has 1 unspecified atom stereocenters. The van der Waals surface area contributed by atoms with Crippen molar-refractivity contribution < 1.29 is 4.39 Å². The van der Waals surface area contributed by atoms with E-state index < -0.39 is 0 Å². The van der Waals surface area contributed by atoms with Gasteiger partial charge in [0.1, 0.15) is 5.82 Å². The predicted octanol–water partition coefficient (Wildman–Crippen LogP) is 3.05. The van der Waals surface area contributed by atoms with Gasteiger partial charge in [0.15, 0.2) is 0 Å². The molecule has 2 aliphatic heterocycles. The van der Waals surface area contributed by atoms with Crippen LogP contribution in [0.25, 0.3) is 0 Å². The topological polar surface area (TPSA) is 15.3 Å². The van der Waals surface area contributed by atoms with Crippen LogP contribution in [0.3, 0.4) is 0 Å². The van der Waals surface area contributed by atoms with Crippen LogP contribution in [-0.2, 0) is 0 Å². The van der Waals surface area contributed by atoms with Crippen molar-refractivity contribution in [2.75, 3.05) is 25.4 Å². The largest absolute Gasteiger partial charge is 0.307 e. The molecule has 21 heavy (non-hydrogen) atoms. The van der Waals surface area contributed by atoms with Gasteiger partial charge in [0.2, 0.25) is 0 Å². The van der Waals surface area contributed by atoms with Gasteiger partial charge in [0.25, 0.3) is 0 Å². The summed E-state index contributed by atoms with van der Waals surface area (Å²) in [7, 11) is 0. The fourth-order valence-corrected chi connectivity index (χ4v) is 4.32. The average molecular weight is 304 g/mol. The molecule has 0 spiro atoms. The molecule has 2 nitrogen and oxygen atoms in total. The molecule has 1 N–H and O–H groups in total. The number of terminal acetylenes is 1. The molecule has 0 bridgehead atoms. The Hall–Kier alpha value is -1.02. The number of rotatable bonds is 3. The first-order chi connectivity index (χ1) is 10.3. The van der Waals surface area contributed by atoms with Gasteiger partial charge in [-0.2, -0.15) is 0 Å². The van der Waals surface area contributed by atoms with Crippen LogP contribution in [0.4, 0.5) is 4.39 Å². The van der Waals surface area contributed by atoms with E-state index >= 15 is 0 Å². The van der Waals surface area contributed by atoms with Crippen LogP contribution in [0.1, 0.15) is 30.9 Å². The maximum Gasteiger partial charge on any atom is 0.123 e. The Morgan fingerprint density at radius 1 is 1.33 bits per heavy atom. The van der Waals surface area contributed by atoms with Gasteiger partial charge in [-0.15, -0.1) is 18.2 Å². The number of fused-ring (bicyclic) bond motifs is 1. The fraction of sp³-hybridized carbons (Fsp3) is 0.529. The van der Waals surface area contributed by atoms with Gasteiger partial charge in [-0.3, -0.25) is 4.90 Å². The molecule has 4 heteroatoms. The zero-order chi connectivity index (χ0) is 14.7. The summed E-state index contributed by atoms with van der Waals surface area (Å²) >= 11 is 1.83. The Kier molecular flexibility index (Phi) is 4.84. The van der Waals surface area contributed by atoms with Gasteiger partial charge in [-0.25, -0.2) is 4.39 Å². The second kappa shape index (κ2) is 6.83. The lowest BCUT2D eigenvalue weighted by molar-refractivity contribution is 0.208. The van der Waals surface area contributed by atoms with Gasteiger partial charge < -0.3 is 5.32 Å². The highest BCUT2D eigenvalue weighted by molar-refractivity contribution is 7.99. The van der Waals surface area contributed by atoms with Crippen molar-refractivity contribution in [2.24, 2.45) is 0 Å². The van der Waals surface area contributed by atoms with Gasteiger partial charge >= 0.3 is 0 Å². The second-order valence-electron chi connectivity index (χ2n) is 5.79. The molecule has 1 atom stereocenters. The van der Waals surface area contributed by atoms with E-state index in [1.807, 2.05) is 17.8 Å². The predicted molar refractivity (Wildman–Crippen MR) is 85.9 cm³/mol. The Bertz CT molecular complexity index is 532. The minimum Gasteiger partial charge on any atom is -0.307 e. The average Bonchev–Trinajstić information content (AvgIpc) is 2.50. The standard InChI is InChI=1S/C17H21FN2S/c1-2-8-20-9-5-14(6-10-20)19-16-7-11-21-17-4-3-13(18)12-15(16)17/h1,3-4,12,14,16,19H,5-11H2. The van der Waals surface area contributed by atoms with Crippen molar-refractivity contribution in [1.82, 2.24) is 10.2 Å². The SMILES string of the molecule is C#CCN1CCC(NC2CCSc3ccc(F)cc32)CC1. The van der Waals surface area contributed by atoms with Crippen molar-refractivity contribution in [3.05, 3.63) is 29.6 Å². The zero-order valence-electron chi connectivity index (χ0n) is 12.1. The lowest BCUT2D eigenvalue weighted by atomic mass is 9.99. The molecular formula is C17H21FN2S. The number of benzene rings is 1. The number of nitrogens with one attached hydrogen (secondary N) is 1. The van der Waals surface area contributed by atoms with E-state index in [4.69, 9.17) is 6.42 Å². The van der Waals surface area contributed by atoms with Crippen LogP contribution in [0.2, 0.25) is 0 Å². The van der Waals surface area contributed by atoms with Crippen molar-refractivity contribution >= 4 is 11.8 Å². The molecule has 0 amide bonds. The molecule has 1 saturated heterocycles. The molecule has 112 valence electrons. The first-order valence-corrected chi connectivity index (χ1v) is 8.59. The minimum absolute atomic E-state index is 0.133. The fourth-order valence-electron chi connectivity index (χ4n) is 3.21. The Morgan fingerprint density at radius 3 is 2.90 bits per heavy atom.